The molecule has 0 radical (unpaired) electrons. The van der Waals surface area contributed by atoms with Crippen LogP contribution in [-0.4, -0.2) is 26.0 Å². The van der Waals surface area contributed by atoms with E-state index in [1.807, 2.05) is 31.2 Å². The van der Waals surface area contributed by atoms with Gasteiger partial charge in [0.1, 0.15) is 17.2 Å². The van der Waals surface area contributed by atoms with E-state index in [1.54, 1.807) is 31.4 Å². The monoisotopic (exact) mass is 367 g/mol. The maximum Gasteiger partial charge on any atom is 0.273 e. The molecule has 0 saturated heterocycles. The van der Waals surface area contributed by atoms with E-state index in [-0.39, 0.29) is 23.9 Å². The van der Waals surface area contributed by atoms with Crippen LogP contribution in [0.15, 0.2) is 54.2 Å². The van der Waals surface area contributed by atoms with Gasteiger partial charge in [0.05, 0.1) is 25.6 Å². The van der Waals surface area contributed by atoms with Crippen molar-refractivity contribution < 1.29 is 19.1 Å². The summed E-state index contributed by atoms with van der Waals surface area (Å²) in [6.45, 7) is 1.94. The summed E-state index contributed by atoms with van der Waals surface area (Å²) in [4.78, 5) is 25.0. The summed E-state index contributed by atoms with van der Waals surface area (Å²) in [6, 6.07) is 12.6. The molecule has 1 aliphatic rings. The molecule has 2 aromatic carbocycles. The van der Waals surface area contributed by atoms with Gasteiger partial charge in [0.25, 0.3) is 5.91 Å². The van der Waals surface area contributed by atoms with E-state index in [0.29, 0.717) is 22.9 Å². The van der Waals surface area contributed by atoms with E-state index >= 15 is 0 Å². The number of carbonyl (C=O) groups is 2. The third-order valence-electron chi connectivity index (χ3n) is 4.12. The number of anilines is 2. The van der Waals surface area contributed by atoms with Crippen LogP contribution in [0.2, 0.25) is 0 Å². The average molecular weight is 367 g/mol. The van der Waals surface area contributed by atoms with Gasteiger partial charge in [-0.15, -0.1) is 0 Å². The summed E-state index contributed by atoms with van der Waals surface area (Å²) in [5, 5.41) is 4.17. The number of nitrogens with zero attached hydrogens (tertiary/aromatic N) is 1. The fraction of sp³-hybridized carbons (Fsp3) is 0.200. The van der Waals surface area contributed by atoms with Crippen molar-refractivity contribution in [3.63, 3.8) is 0 Å². The lowest BCUT2D eigenvalue weighted by molar-refractivity contribution is -0.119. The number of hydrogen-bond donors (Lipinski definition) is 2. The van der Waals surface area contributed by atoms with Gasteiger partial charge in [-0.05, 0) is 42.8 Å². The standard InChI is InChI=1S/C20H21N3O4/c1-13-5-4-6-14(11-13)23-19(24)10-8-16(22-23)20(25)21-17-12-15(26-2)7-9-18(17)27-3/h4-9,11-12,22H,10H2,1-3H3,(H,21,25). The highest BCUT2D eigenvalue weighted by molar-refractivity contribution is 6.07. The highest BCUT2D eigenvalue weighted by Gasteiger charge is 2.24. The molecular weight excluding hydrogens is 346 g/mol. The molecule has 0 fully saturated rings. The van der Waals surface area contributed by atoms with Gasteiger partial charge in [-0.2, -0.15) is 0 Å². The summed E-state index contributed by atoms with van der Waals surface area (Å²) in [5.41, 5.74) is 5.34. The molecular formula is C20H21N3O4. The van der Waals surface area contributed by atoms with Crippen LogP contribution in [0.3, 0.4) is 0 Å². The van der Waals surface area contributed by atoms with Gasteiger partial charge in [0.15, 0.2) is 0 Å². The van der Waals surface area contributed by atoms with Crippen molar-refractivity contribution in [2.24, 2.45) is 0 Å². The SMILES string of the molecule is COc1ccc(OC)c(NC(=O)C2=CCC(=O)N(c3cccc(C)c3)N2)c1. The Bertz CT molecular complexity index is 908. The van der Waals surface area contributed by atoms with Crippen molar-refractivity contribution in [1.29, 1.82) is 0 Å². The molecule has 0 aromatic heterocycles. The second-order valence-corrected chi connectivity index (χ2v) is 6.02. The lowest BCUT2D eigenvalue weighted by Gasteiger charge is -2.28. The predicted octanol–water partition coefficient (Wildman–Crippen LogP) is 2.78. The van der Waals surface area contributed by atoms with Crippen molar-refractivity contribution in [2.75, 3.05) is 24.5 Å². The number of aryl methyl sites for hydroxylation is 1. The van der Waals surface area contributed by atoms with Crippen molar-refractivity contribution in [3.8, 4) is 11.5 Å². The highest BCUT2D eigenvalue weighted by Crippen LogP contribution is 2.29. The summed E-state index contributed by atoms with van der Waals surface area (Å²) < 4.78 is 10.5. The zero-order chi connectivity index (χ0) is 19.4. The molecule has 0 aliphatic carbocycles. The molecule has 0 bridgehead atoms. The zero-order valence-corrected chi connectivity index (χ0v) is 15.4. The van der Waals surface area contributed by atoms with Crippen LogP contribution in [-0.2, 0) is 9.59 Å². The third kappa shape index (κ3) is 4.03. The molecule has 0 unspecified atom stereocenters. The lowest BCUT2D eigenvalue weighted by Crippen LogP contribution is -2.47. The van der Waals surface area contributed by atoms with Gasteiger partial charge in [0.2, 0.25) is 5.91 Å². The number of methoxy groups -OCH3 is 2. The molecule has 1 aliphatic heterocycles. The predicted molar refractivity (Wildman–Crippen MR) is 103 cm³/mol. The average Bonchev–Trinajstić information content (AvgIpc) is 2.68. The normalized spacial score (nSPS) is 13.5. The number of amides is 2. The molecule has 7 nitrogen and oxygen atoms in total. The van der Waals surface area contributed by atoms with Gasteiger partial charge in [-0.3, -0.25) is 15.0 Å². The molecule has 1 heterocycles. The fourth-order valence-corrected chi connectivity index (χ4v) is 2.73. The van der Waals surface area contributed by atoms with E-state index in [0.717, 1.165) is 5.56 Å². The Morgan fingerprint density at radius 2 is 1.96 bits per heavy atom. The van der Waals surface area contributed by atoms with Crippen LogP contribution in [0, 0.1) is 6.92 Å². The first-order valence-electron chi connectivity index (χ1n) is 8.41. The van der Waals surface area contributed by atoms with E-state index in [2.05, 4.69) is 10.7 Å². The summed E-state index contributed by atoms with van der Waals surface area (Å²) in [7, 11) is 3.07. The topological polar surface area (TPSA) is 79.9 Å². The van der Waals surface area contributed by atoms with Gasteiger partial charge in [-0.25, -0.2) is 5.01 Å². The van der Waals surface area contributed by atoms with Crippen molar-refractivity contribution in [1.82, 2.24) is 5.43 Å². The maximum absolute atomic E-state index is 12.7. The number of hydrogen-bond acceptors (Lipinski definition) is 5. The van der Waals surface area contributed by atoms with Crippen molar-refractivity contribution in [3.05, 3.63) is 59.8 Å². The molecule has 2 aromatic rings. The minimum Gasteiger partial charge on any atom is -0.497 e. The number of rotatable bonds is 5. The first kappa shape index (κ1) is 18.3. The highest BCUT2D eigenvalue weighted by atomic mass is 16.5. The van der Waals surface area contributed by atoms with E-state index in [1.165, 1.54) is 12.1 Å². The molecule has 27 heavy (non-hydrogen) atoms. The first-order chi connectivity index (χ1) is 13.0. The number of hydrazine groups is 1. The Morgan fingerprint density at radius 1 is 1.15 bits per heavy atom. The van der Waals surface area contributed by atoms with Crippen molar-refractivity contribution >= 4 is 23.2 Å². The maximum atomic E-state index is 12.7. The fourth-order valence-electron chi connectivity index (χ4n) is 2.73. The quantitative estimate of drug-likeness (QED) is 0.849. The number of benzene rings is 2. The minimum absolute atomic E-state index is 0.124. The van der Waals surface area contributed by atoms with Gasteiger partial charge in [-0.1, -0.05) is 12.1 Å². The minimum atomic E-state index is -0.383. The number of nitrogens with one attached hydrogen (secondary N) is 2. The Balaban J connectivity index is 1.80. The molecule has 7 heteroatoms. The van der Waals surface area contributed by atoms with Crippen LogP contribution in [0.25, 0.3) is 0 Å². The van der Waals surface area contributed by atoms with Gasteiger partial charge < -0.3 is 14.8 Å². The Morgan fingerprint density at radius 3 is 2.67 bits per heavy atom. The Hall–Kier alpha value is -3.48. The number of ether oxygens (including phenoxy) is 2. The molecule has 2 N–H and O–H groups in total. The Labute approximate surface area is 157 Å². The van der Waals surface area contributed by atoms with E-state index < -0.39 is 0 Å². The van der Waals surface area contributed by atoms with Gasteiger partial charge >= 0.3 is 0 Å². The van der Waals surface area contributed by atoms with Crippen LogP contribution in [0.1, 0.15) is 12.0 Å². The molecule has 140 valence electrons. The molecule has 0 atom stereocenters. The van der Waals surface area contributed by atoms with Crippen molar-refractivity contribution in [2.45, 2.75) is 13.3 Å². The number of carbonyl (C=O) groups excluding carboxylic acids is 2. The second-order valence-electron chi connectivity index (χ2n) is 6.02. The molecule has 0 spiro atoms. The third-order valence-corrected chi connectivity index (χ3v) is 4.12. The summed E-state index contributed by atoms with van der Waals surface area (Å²) in [6.07, 6.45) is 1.69. The zero-order valence-electron chi connectivity index (χ0n) is 15.4. The summed E-state index contributed by atoms with van der Waals surface area (Å²) >= 11 is 0. The molecule has 0 saturated carbocycles. The van der Waals surface area contributed by atoms with Crippen LogP contribution in [0.4, 0.5) is 11.4 Å². The summed E-state index contributed by atoms with van der Waals surface area (Å²) in [5.74, 6) is 0.572. The lowest BCUT2D eigenvalue weighted by atomic mass is 10.2. The van der Waals surface area contributed by atoms with Crippen LogP contribution < -0.4 is 25.2 Å². The van der Waals surface area contributed by atoms with Crippen LogP contribution in [0.5, 0.6) is 11.5 Å². The molecule has 2 amide bonds. The van der Waals surface area contributed by atoms with Gasteiger partial charge in [0, 0.05) is 12.5 Å². The largest absolute Gasteiger partial charge is 0.497 e. The molecule has 3 rings (SSSR count). The van der Waals surface area contributed by atoms with E-state index in [4.69, 9.17) is 9.47 Å². The second kappa shape index (κ2) is 7.82. The van der Waals surface area contributed by atoms with E-state index in [9.17, 15) is 9.59 Å². The Kier molecular flexibility index (Phi) is 5.30. The first-order valence-corrected chi connectivity index (χ1v) is 8.41. The van der Waals surface area contributed by atoms with Crippen LogP contribution >= 0.6 is 0 Å². The smallest absolute Gasteiger partial charge is 0.273 e.